The molecule has 0 aromatic heterocycles. The molecule has 0 heterocycles. The maximum absolute atomic E-state index is 13.6. The lowest BCUT2D eigenvalue weighted by Crippen LogP contribution is -2.23. The summed E-state index contributed by atoms with van der Waals surface area (Å²) in [5.41, 5.74) is 8.41. The van der Waals surface area contributed by atoms with Crippen LogP contribution in [-0.2, 0) is 0 Å². The molecule has 4 nitrogen and oxygen atoms in total. The van der Waals surface area contributed by atoms with Gasteiger partial charge in [0.25, 0.3) is 0 Å². The van der Waals surface area contributed by atoms with E-state index in [4.69, 9.17) is 4.99 Å². The largest absolute Gasteiger partial charge is 0.507 e. The molecule has 0 atom stereocenters. The van der Waals surface area contributed by atoms with E-state index in [9.17, 15) is 9.90 Å². The highest BCUT2D eigenvalue weighted by molar-refractivity contribution is 6.33. The smallest absolute Gasteiger partial charge is 0.196 e. The van der Waals surface area contributed by atoms with Gasteiger partial charge in [-0.2, -0.15) is 0 Å². The molecule has 4 aromatic carbocycles. The van der Waals surface area contributed by atoms with E-state index >= 15 is 0 Å². The van der Waals surface area contributed by atoms with Crippen molar-refractivity contribution < 1.29 is 9.90 Å². The molecule has 0 saturated carbocycles. The number of aliphatic imine (C=N–C) groups is 1. The summed E-state index contributed by atoms with van der Waals surface area (Å²) in [6, 6.07) is 24.7. The van der Waals surface area contributed by atoms with E-state index < -0.39 is 0 Å². The average molecular weight is 433 g/mol. The van der Waals surface area contributed by atoms with Crippen molar-refractivity contribution in [3.63, 3.8) is 0 Å². The predicted molar refractivity (Wildman–Crippen MR) is 134 cm³/mol. The van der Waals surface area contributed by atoms with Crippen LogP contribution in [0.5, 0.6) is 5.75 Å². The Morgan fingerprint density at radius 3 is 2.09 bits per heavy atom. The Morgan fingerprint density at radius 2 is 1.39 bits per heavy atom. The number of phenols is 1. The number of para-hydroxylation sites is 1. The molecule has 0 fully saturated rings. The number of carbonyl (C=O) groups is 1. The Bertz CT molecular complexity index is 1410. The molecule has 0 radical (unpaired) electrons. The maximum Gasteiger partial charge on any atom is 0.196 e. The molecule has 2 N–H and O–H groups in total. The fourth-order valence-electron chi connectivity index (χ4n) is 4.58. The number of rotatable bonds is 3. The van der Waals surface area contributed by atoms with Gasteiger partial charge in [-0.1, -0.05) is 60.2 Å². The van der Waals surface area contributed by atoms with Gasteiger partial charge in [-0.25, -0.2) is 4.99 Å². The average Bonchev–Trinajstić information content (AvgIpc) is 2.80. The SMILES string of the molecule is Cc1cc(C)c(N=C2c3ccccc3C(=O)c3c(Nc4ccccc4)ccc(O)c32)c(C)c1. The molecule has 162 valence electrons. The van der Waals surface area contributed by atoms with Crippen molar-refractivity contribution in [2.24, 2.45) is 4.99 Å². The number of hydrogen-bond donors (Lipinski definition) is 2. The Hall–Kier alpha value is -4.18. The zero-order valence-corrected chi connectivity index (χ0v) is 18.8. The molecular formula is C29H24N2O2. The number of benzene rings is 4. The van der Waals surface area contributed by atoms with E-state index in [0.29, 0.717) is 28.1 Å². The number of phenolic OH excluding ortho intramolecular Hbond substituents is 1. The third kappa shape index (κ3) is 3.60. The van der Waals surface area contributed by atoms with E-state index in [0.717, 1.165) is 28.1 Å². The number of hydrogen-bond acceptors (Lipinski definition) is 4. The van der Waals surface area contributed by atoms with Crippen LogP contribution in [-0.4, -0.2) is 16.6 Å². The summed E-state index contributed by atoms with van der Waals surface area (Å²) in [5, 5.41) is 14.3. The Labute approximate surface area is 193 Å². The number of nitrogens with zero attached hydrogens (tertiary/aromatic N) is 1. The zero-order valence-electron chi connectivity index (χ0n) is 18.8. The third-order valence-electron chi connectivity index (χ3n) is 5.99. The second kappa shape index (κ2) is 8.06. The van der Waals surface area contributed by atoms with Gasteiger partial charge in [0.1, 0.15) is 5.75 Å². The highest BCUT2D eigenvalue weighted by Gasteiger charge is 2.33. The Morgan fingerprint density at radius 1 is 0.758 bits per heavy atom. The summed E-state index contributed by atoms with van der Waals surface area (Å²) in [5.74, 6) is -0.0983. The van der Waals surface area contributed by atoms with Gasteiger partial charge in [0.15, 0.2) is 5.78 Å². The molecule has 0 saturated heterocycles. The first-order valence-corrected chi connectivity index (χ1v) is 10.9. The summed E-state index contributed by atoms with van der Waals surface area (Å²) in [6.45, 7) is 6.13. The molecule has 0 spiro atoms. The summed E-state index contributed by atoms with van der Waals surface area (Å²) in [4.78, 5) is 18.7. The van der Waals surface area contributed by atoms with Crippen LogP contribution >= 0.6 is 0 Å². The first-order chi connectivity index (χ1) is 15.9. The third-order valence-corrected chi connectivity index (χ3v) is 5.99. The van der Waals surface area contributed by atoms with Crippen LogP contribution in [0.15, 0.2) is 83.9 Å². The molecule has 0 bridgehead atoms. The van der Waals surface area contributed by atoms with Crippen molar-refractivity contribution in [1.29, 1.82) is 0 Å². The second-order valence-electron chi connectivity index (χ2n) is 8.46. The zero-order chi connectivity index (χ0) is 23.1. The first kappa shape index (κ1) is 20.7. The Balaban J connectivity index is 1.79. The highest BCUT2D eigenvalue weighted by Crippen LogP contribution is 2.40. The molecule has 4 heteroatoms. The Kier molecular flexibility index (Phi) is 5.06. The fraction of sp³-hybridized carbons (Fsp3) is 0.103. The van der Waals surface area contributed by atoms with Crippen molar-refractivity contribution in [2.45, 2.75) is 20.8 Å². The molecule has 4 aromatic rings. The lowest BCUT2D eigenvalue weighted by Gasteiger charge is -2.24. The van der Waals surface area contributed by atoms with E-state index in [1.165, 1.54) is 5.56 Å². The van der Waals surface area contributed by atoms with Crippen LogP contribution in [0.3, 0.4) is 0 Å². The van der Waals surface area contributed by atoms with E-state index in [-0.39, 0.29) is 11.5 Å². The van der Waals surface area contributed by atoms with Crippen molar-refractivity contribution in [3.8, 4) is 5.75 Å². The van der Waals surface area contributed by atoms with Crippen LogP contribution in [0, 0.1) is 20.8 Å². The first-order valence-electron chi connectivity index (χ1n) is 10.9. The standard InChI is InChI=1S/C29H24N2O2/c1-17-15-18(2)27(19(3)16-17)31-28-21-11-7-8-12-22(21)29(33)25-23(13-14-24(32)26(25)28)30-20-9-5-4-6-10-20/h4-16,30,32H,1-3H3. The van der Waals surface area contributed by atoms with Gasteiger partial charge in [-0.3, -0.25) is 4.79 Å². The second-order valence-corrected chi connectivity index (χ2v) is 8.46. The van der Waals surface area contributed by atoms with Crippen molar-refractivity contribution in [2.75, 3.05) is 5.32 Å². The minimum Gasteiger partial charge on any atom is -0.507 e. The maximum atomic E-state index is 13.6. The van der Waals surface area contributed by atoms with Crippen LogP contribution in [0.2, 0.25) is 0 Å². The number of anilines is 2. The molecule has 33 heavy (non-hydrogen) atoms. The van der Waals surface area contributed by atoms with Gasteiger partial charge in [0.05, 0.1) is 28.2 Å². The minimum absolute atomic E-state index is 0.0348. The summed E-state index contributed by atoms with van der Waals surface area (Å²) < 4.78 is 0. The molecule has 0 unspecified atom stereocenters. The lowest BCUT2D eigenvalue weighted by atomic mass is 9.82. The van der Waals surface area contributed by atoms with Gasteiger partial charge in [0.2, 0.25) is 0 Å². The number of ketones is 1. The number of aryl methyl sites for hydroxylation is 3. The lowest BCUT2D eigenvalue weighted by molar-refractivity contribution is 0.103. The van der Waals surface area contributed by atoms with E-state index in [1.807, 2.05) is 68.4 Å². The topological polar surface area (TPSA) is 61.7 Å². The summed E-state index contributed by atoms with van der Waals surface area (Å²) in [6.07, 6.45) is 0. The van der Waals surface area contributed by atoms with Crippen molar-refractivity contribution in [1.82, 2.24) is 0 Å². The van der Waals surface area contributed by atoms with Gasteiger partial charge < -0.3 is 10.4 Å². The fourth-order valence-corrected chi connectivity index (χ4v) is 4.58. The predicted octanol–water partition coefficient (Wildman–Crippen LogP) is 6.77. The molecule has 1 aliphatic rings. The van der Waals surface area contributed by atoms with Crippen LogP contribution in [0.1, 0.15) is 43.7 Å². The summed E-state index contributed by atoms with van der Waals surface area (Å²) in [7, 11) is 0. The van der Waals surface area contributed by atoms with Crippen molar-refractivity contribution >= 4 is 28.6 Å². The van der Waals surface area contributed by atoms with Crippen molar-refractivity contribution in [3.05, 3.63) is 118 Å². The van der Waals surface area contributed by atoms with Gasteiger partial charge in [0, 0.05) is 16.8 Å². The van der Waals surface area contributed by atoms with Gasteiger partial charge >= 0.3 is 0 Å². The highest BCUT2D eigenvalue weighted by atomic mass is 16.3. The molecule has 0 aliphatic heterocycles. The minimum atomic E-state index is -0.133. The monoisotopic (exact) mass is 432 g/mol. The number of aromatic hydroxyl groups is 1. The normalized spacial score (nSPS) is 13.5. The number of nitrogens with one attached hydrogen (secondary N) is 1. The molecule has 0 amide bonds. The summed E-state index contributed by atoms with van der Waals surface area (Å²) >= 11 is 0. The van der Waals surface area contributed by atoms with Crippen LogP contribution in [0.25, 0.3) is 0 Å². The van der Waals surface area contributed by atoms with E-state index in [1.54, 1.807) is 12.1 Å². The quantitative estimate of drug-likeness (QED) is 0.309. The van der Waals surface area contributed by atoms with Crippen LogP contribution < -0.4 is 5.32 Å². The van der Waals surface area contributed by atoms with E-state index in [2.05, 4.69) is 24.4 Å². The van der Waals surface area contributed by atoms with Gasteiger partial charge in [-0.15, -0.1) is 0 Å². The molecule has 5 rings (SSSR count). The number of fused-ring (bicyclic) bond motifs is 2. The van der Waals surface area contributed by atoms with Crippen LogP contribution in [0.4, 0.5) is 17.1 Å². The molecule has 1 aliphatic carbocycles. The molecular weight excluding hydrogens is 408 g/mol. The van der Waals surface area contributed by atoms with Gasteiger partial charge in [-0.05, 0) is 56.2 Å². The number of carbonyl (C=O) groups excluding carboxylic acids is 1.